The Kier molecular flexibility index (Phi) is 2.87. The van der Waals surface area contributed by atoms with E-state index in [4.69, 9.17) is 17.3 Å². The maximum atomic E-state index is 6.07. The van der Waals surface area contributed by atoms with E-state index in [2.05, 4.69) is 22.9 Å². The van der Waals surface area contributed by atoms with E-state index in [1.54, 1.807) is 11.3 Å². The van der Waals surface area contributed by atoms with Crippen molar-refractivity contribution >= 4 is 22.9 Å². The minimum Gasteiger partial charge on any atom is -0.326 e. The molecule has 0 saturated carbocycles. The SMILES string of the molecule is NCc1ccc(-c2ccsc2)cc1Cl. The number of rotatable bonds is 2. The molecule has 0 aliphatic carbocycles. The third-order valence-corrected chi connectivity index (χ3v) is 3.16. The maximum absolute atomic E-state index is 6.07. The van der Waals surface area contributed by atoms with Gasteiger partial charge in [0.2, 0.25) is 0 Å². The predicted octanol–water partition coefficient (Wildman–Crippen LogP) is 3.53. The lowest BCUT2D eigenvalue weighted by Crippen LogP contribution is -1.96. The lowest BCUT2D eigenvalue weighted by molar-refractivity contribution is 1.07. The lowest BCUT2D eigenvalue weighted by Gasteiger charge is -2.03. The Morgan fingerprint density at radius 3 is 2.64 bits per heavy atom. The van der Waals surface area contributed by atoms with E-state index in [0.29, 0.717) is 6.54 Å². The van der Waals surface area contributed by atoms with Crippen LogP contribution in [0.1, 0.15) is 5.56 Å². The zero-order chi connectivity index (χ0) is 9.97. The number of nitrogens with two attached hydrogens (primary N) is 1. The van der Waals surface area contributed by atoms with E-state index in [1.807, 2.05) is 12.1 Å². The maximum Gasteiger partial charge on any atom is 0.0457 e. The molecule has 0 aliphatic rings. The van der Waals surface area contributed by atoms with Crippen molar-refractivity contribution in [3.63, 3.8) is 0 Å². The summed E-state index contributed by atoms with van der Waals surface area (Å²) in [7, 11) is 0. The second-order valence-corrected chi connectivity index (χ2v) is 4.21. The minimum absolute atomic E-state index is 0.489. The largest absolute Gasteiger partial charge is 0.326 e. The van der Waals surface area contributed by atoms with E-state index >= 15 is 0 Å². The first-order valence-corrected chi connectivity index (χ1v) is 5.64. The van der Waals surface area contributed by atoms with Gasteiger partial charge in [-0.1, -0.05) is 23.7 Å². The number of halogens is 1. The zero-order valence-electron chi connectivity index (χ0n) is 7.53. The zero-order valence-corrected chi connectivity index (χ0v) is 9.11. The van der Waals surface area contributed by atoms with Gasteiger partial charge in [0.15, 0.2) is 0 Å². The van der Waals surface area contributed by atoms with Gasteiger partial charge >= 0.3 is 0 Å². The summed E-state index contributed by atoms with van der Waals surface area (Å²) in [5, 5.41) is 4.91. The topological polar surface area (TPSA) is 26.0 Å². The van der Waals surface area contributed by atoms with Crippen LogP contribution in [0.4, 0.5) is 0 Å². The summed E-state index contributed by atoms with van der Waals surface area (Å²) in [4.78, 5) is 0. The van der Waals surface area contributed by atoms with Crippen LogP contribution in [0.5, 0.6) is 0 Å². The smallest absolute Gasteiger partial charge is 0.0457 e. The highest BCUT2D eigenvalue weighted by molar-refractivity contribution is 7.08. The van der Waals surface area contributed by atoms with Crippen molar-refractivity contribution in [2.24, 2.45) is 5.73 Å². The molecule has 0 bridgehead atoms. The second kappa shape index (κ2) is 4.13. The molecule has 2 aromatic rings. The van der Waals surface area contributed by atoms with Gasteiger partial charge in [0.05, 0.1) is 0 Å². The highest BCUT2D eigenvalue weighted by Gasteiger charge is 2.02. The van der Waals surface area contributed by atoms with Crippen LogP contribution in [0.15, 0.2) is 35.0 Å². The van der Waals surface area contributed by atoms with Crippen LogP contribution in [-0.4, -0.2) is 0 Å². The molecule has 0 fully saturated rings. The van der Waals surface area contributed by atoms with E-state index in [0.717, 1.165) is 16.1 Å². The summed E-state index contributed by atoms with van der Waals surface area (Å²) in [6.07, 6.45) is 0. The van der Waals surface area contributed by atoms with Crippen molar-refractivity contribution in [2.45, 2.75) is 6.54 Å². The summed E-state index contributed by atoms with van der Waals surface area (Å²) in [5.41, 5.74) is 8.88. The highest BCUT2D eigenvalue weighted by atomic mass is 35.5. The molecule has 0 saturated heterocycles. The third-order valence-electron chi connectivity index (χ3n) is 2.13. The molecule has 0 spiro atoms. The van der Waals surface area contributed by atoms with E-state index in [9.17, 15) is 0 Å². The van der Waals surface area contributed by atoms with Crippen LogP contribution in [0.3, 0.4) is 0 Å². The molecular formula is C11H10ClNS. The van der Waals surface area contributed by atoms with Crippen molar-refractivity contribution < 1.29 is 0 Å². The van der Waals surface area contributed by atoms with Crippen molar-refractivity contribution in [3.8, 4) is 11.1 Å². The number of hydrogen-bond donors (Lipinski definition) is 1. The van der Waals surface area contributed by atoms with E-state index in [-0.39, 0.29) is 0 Å². The average Bonchev–Trinajstić information content (AvgIpc) is 2.70. The standard InChI is InChI=1S/C11H10ClNS/c12-11-5-8(1-2-9(11)6-13)10-3-4-14-7-10/h1-5,7H,6,13H2. The molecular weight excluding hydrogens is 214 g/mol. The minimum atomic E-state index is 0.489. The quantitative estimate of drug-likeness (QED) is 0.828. The molecule has 3 heteroatoms. The van der Waals surface area contributed by atoms with Crippen LogP contribution >= 0.6 is 22.9 Å². The lowest BCUT2D eigenvalue weighted by atomic mass is 10.1. The second-order valence-electron chi connectivity index (χ2n) is 3.02. The molecule has 1 aromatic heterocycles. The highest BCUT2D eigenvalue weighted by Crippen LogP contribution is 2.26. The Morgan fingerprint density at radius 2 is 2.07 bits per heavy atom. The van der Waals surface area contributed by atoms with Crippen LogP contribution < -0.4 is 5.73 Å². The first kappa shape index (κ1) is 9.71. The van der Waals surface area contributed by atoms with E-state index < -0.39 is 0 Å². The molecule has 0 amide bonds. The Bertz CT molecular complexity index is 423. The Balaban J connectivity index is 2.43. The summed E-state index contributed by atoms with van der Waals surface area (Å²) >= 11 is 7.75. The summed E-state index contributed by atoms with van der Waals surface area (Å²) in [6.45, 7) is 0.489. The van der Waals surface area contributed by atoms with Gasteiger partial charge in [-0.05, 0) is 39.6 Å². The fourth-order valence-corrected chi connectivity index (χ4v) is 2.24. The van der Waals surface area contributed by atoms with Crippen LogP contribution in [0.2, 0.25) is 5.02 Å². The van der Waals surface area contributed by atoms with E-state index in [1.165, 1.54) is 5.56 Å². The molecule has 0 aliphatic heterocycles. The number of hydrogen-bond acceptors (Lipinski definition) is 2. The summed E-state index contributed by atoms with van der Waals surface area (Å²) < 4.78 is 0. The molecule has 0 unspecified atom stereocenters. The van der Waals surface area contributed by atoms with Crippen LogP contribution in [0, 0.1) is 0 Å². The van der Waals surface area contributed by atoms with Crippen molar-refractivity contribution in [1.29, 1.82) is 0 Å². The predicted molar refractivity (Wildman–Crippen MR) is 62.7 cm³/mol. The fourth-order valence-electron chi connectivity index (χ4n) is 1.32. The Hall–Kier alpha value is -0.830. The van der Waals surface area contributed by atoms with Crippen molar-refractivity contribution in [1.82, 2.24) is 0 Å². The average molecular weight is 224 g/mol. The fraction of sp³-hybridized carbons (Fsp3) is 0.0909. The molecule has 1 aromatic carbocycles. The summed E-state index contributed by atoms with van der Waals surface area (Å²) in [6, 6.07) is 8.08. The van der Waals surface area contributed by atoms with Crippen molar-refractivity contribution in [3.05, 3.63) is 45.6 Å². The molecule has 72 valence electrons. The molecule has 14 heavy (non-hydrogen) atoms. The first-order valence-electron chi connectivity index (χ1n) is 4.32. The molecule has 2 N–H and O–H groups in total. The molecule has 2 rings (SSSR count). The Labute approximate surface area is 92.1 Å². The molecule has 0 atom stereocenters. The summed E-state index contributed by atoms with van der Waals surface area (Å²) in [5.74, 6) is 0. The van der Waals surface area contributed by atoms with Gasteiger partial charge < -0.3 is 5.73 Å². The van der Waals surface area contributed by atoms with Crippen LogP contribution in [0.25, 0.3) is 11.1 Å². The van der Waals surface area contributed by atoms with Crippen molar-refractivity contribution in [2.75, 3.05) is 0 Å². The number of benzene rings is 1. The van der Waals surface area contributed by atoms with Gasteiger partial charge in [-0.15, -0.1) is 0 Å². The van der Waals surface area contributed by atoms with Gasteiger partial charge in [-0.25, -0.2) is 0 Å². The van der Waals surface area contributed by atoms with Gasteiger partial charge in [0.25, 0.3) is 0 Å². The van der Waals surface area contributed by atoms with Gasteiger partial charge in [-0.3, -0.25) is 0 Å². The monoisotopic (exact) mass is 223 g/mol. The third kappa shape index (κ3) is 1.82. The normalized spacial score (nSPS) is 10.4. The molecule has 1 nitrogen and oxygen atoms in total. The van der Waals surface area contributed by atoms with Gasteiger partial charge in [0.1, 0.15) is 0 Å². The first-order chi connectivity index (χ1) is 6.81. The van der Waals surface area contributed by atoms with Crippen LogP contribution in [-0.2, 0) is 6.54 Å². The van der Waals surface area contributed by atoms with Gasteiger partial charge in [-0.2, -0.15) is 11.3 Å². The molecule has 1 heterocycles. The Morgan fingerprint density at radius 1 is 1.21 bits per heavy atom. The van der Waals surface area contributed by atoms with Gasteiger partial charge in [0, 0.05) is 11.6 Å². The molecule has 0 radical (unpaired) electrons. The number of thiophene rings is 1.